The van der Waals surface area contributed by atoms with Gasteiger partial charge in [0.05, 0.1) is 0 Å². The third-order valence-electron chi connectivity index (χ3n) is 5.99. The van der Waals surface area contributed by atoms with E-state index in [0.29, 0.717) is 5.66 Å². The van der Waals surface area contributed by atoms with Crippen LogP contribution in [0.1, 0.15) is 80.6 Å². The molecule has 0 spiro atoms. The van der Waals surface area contributed by atoms with E-state index in [1.807, 2.05) is 0 Å². The van der Waals surface area contributed by atoms with Crippen molar-refractivity contribution in [3.05, 3.63) is 47.0 Å². The van der Waals surface area contributed by atoms with Gasteiger partial charge in [0.1, 0.15) is 0 Å². The Morgan fingerprint density at radius 2 is 1.83 bits per heavy atom. The lowest BCUT2D eigenvalue weighted by Crippen LogP contribution is -2.14. The molecule has 0 amide bonds. The van der Waals surface area contributed by atoms with Gasteiger partial charge in [-0.15, -0.1) is 15.8 Å². The number of hydrogen-bond acceptors (Lipinski definition) is 0. The molecular weight excluding hydrogens is 295 g/mol. The number of rotatable bonds is 6. The Bertz CT molecular complexity index is 539. The largest absolute Gasteiger partial charge is 0.129 e. The summed E-state index contributed by atoms with van der Waals surface area (Å²) in [7, 11) is 3.18. The van der Waals surface area contributed by atoms with Crippen LogP contribution in [0.2, 0.25) is 0 Å². The molecule has 0 saturated heterocycles. The average Bonchev–Trinajstić information content (AvgIpc) is 3.06. The molecule has 0 bridgehead atoms. The van der Waals surface area contributed by atoms with Crippen LogP contribution in [0.3, 0.4) is 0 Å². The number of fused-ring (bicyclic) bond motifs is 1. The Balaban J connectivity index is 1.75. The van der Waals surface area contributed by atoms with E-state index in [0.717, 1.165) is 11.8 Å². The first-order valence-corrected chi connectivity index (χ1v) is 10.3. The van der Waals surface area contributed by atoms with Crippen molar-refractivity contribution in [3.63, 3.8) is 0 Å². The molecule has 0 aliphatic heterocycles. The van der Waals surface area contributed by atoms with E-state index >= 15 is 0 Å². The van der Waals surface area contributed by atoms with Crippen molar-refractivity contribution >= 4 is 9.24 Å². The molecule has 0 N–H and O–H groups in total. The van der Waals surface area contributed by atoms with Crippen LogP contribution >= 0.6 is 9.24 Å². The van der Waals surface area contributed by atoms with Gasteiger partial charge < -0.3 is 0 Å². The number of benzene rings is 1. The predicted molar refractivity (Wildman–Crippen MR) is 105 cm³/mol. The minimum Gasteiger partial charge on any atom is -0.129 e. The van der Waals surface area contributed by atoms with Gasteiger partial charge in [-0.05, 0) is 74.0 Å². The van der Waals surface area contributed by atoms with Gasteiger partial charge in [0, 0.05) is 5.66 Å². The van der Waals surface area contributed by atoms with Crippen molar-refractivity contribution in [3.8, 4) is 0 Å². The molecule has 126 valence electrons. The van der Waals surface area contributed by atoms with Gasteiger partial charge >= 0.3 is 0 Å². The zero-order valence-corrected chi connectivity index (χ0v) is 16.0. The molecule has 1 saturated carbocycles. The fraction of sp³-hybridized carbons (Fsp3) is 0.636. The van der Waals surface area contributed by atoms with E-state index in [2.05, 4.69) is 40.9 Å². The third-order valence-corrected chi connectivity index (χ3v) is 6.92. The Morgan fingerprint density at radius 1 is 1.13 bits per heavy atom. The monoisotopic (exact) mass is 328 g/mol. The lowest BCUT2D eigenvalue weighted by molar-refractivity contribution is 0.365. The molecule has 1 aromatic carbocycles. The Kier molecular flexibility index (Phi) is 5.97. The van der Waals surface area contributed by atoms with Crippen molar-refractivity contribution in [2.24, 2.45) is 11.8 Å². The number of aryl methyl sites for hydroxylation is 2. The maximum Gasteiger partial charge on any atom is 0.00168 e. The molecule has 0 nitrogen and oxygen atoms in total. The highest BCUT2D eigenvalue weighted by Crippen LogP contribution is 2.42. The van der Waals surface area contributed by atoms with E-state index in [-0.39, 0.29) is 0 Å². The summed E-state index contributed by atoms with van der Waals surface area (Å²) in [5.41, 5.74) is 6.69. The second kappa shape index (κ2) is 7.98. The van der Waals surface area contributed by atoms with Crippen molar-refractivity contribution in [1.29, 1.82) is 0 Å². The summed E-state index contributed by atoms with van der Waals surface area (Å²) < 4.78 is 0. The SMILES string of the molecule is C=C(C)CC(CC1CCCC1)C(P)c1ccc2c(c1)CCCC2. The fourth-order valence-corrected chi connectivity index (χ4v) is 5.21. The Labute approximate surface area is 145 Å². The van der Waals surface area contributed by atoms with Crippen molar-refractivity contribution in [1.82, 2.24) is 0 Å². The van der Waals surface area contributed by atoms with Crippen LogP contribution in [-0.4, -0.2) is 0 Å². The normalized spacial score (nSPS) is 21.0. The Hall–Kier alpha value is -0.610. The van der Waals surface area contributed by atoms with E-state index < -0.39 is 0 Å². The topological polar surface area (TPSA) is 0 Å². The molecule has 1 fully saturated rings. The van der Waals surface area contributed by atoms with Gasteiger partial charge in [-0.25, -0.2) is 0 Å². The molecule has 3 unspecified atom stereocenters. The van der Waals surface area contributed by atoms with E-state index in [4.69, 9.17) is 0 Å². The molecule has 3 rings (SSSR count). The van der Waals surface area contributed by atoms with Crippen LogP contribution in [0, 0.1) is 11.8 Å². The molecule has 0 radical (unpaired) electrons. The zero-order valence-electron chi connectivity index (χ0n) is 14.8. The first-order valence-electron chi connectivity index (χ1n) is 9.65. The van der Waals surface area contributed by atoms with Gasteiger partial charge in [0.2, 0.25) is 0 Å². The highest BCUT2D eigenvalue weighted by atomic mass is 31.0. The van der Waals surface area contributed by atoms with Crippen molar-refractivity contribution in [2.45, 2.75) is 76.8 Å². The summed E-state index contributed by atoms with van der Waals surface area (Å²) in [6.45, 7) is 6.41. The summed E-state index contributed by atoms with van der Waals surface area (Å²) >= 11 is 0. The molecule has 23 heavy (non-hydrogen) atoms. The second-order valence-electron chi connectivity index (χ2n) is 8.07. The molecule has 2 aliphatic rings. The van der Waals surface area contributed by atoms with Crippen molar-refractivity contribution in [2.75, 3.05) is 0 Å². The average molecular weight is 328 g/mol. The van der Waals surface area contributed by atoms with Crippen LogP contribution in [0.5, 0.6) is 0 Å². The molecule has 2 aliphatic carbocycles. The van der Waals surface area contributed by atoms with Gasteiger partial charge in [-0.2, -0.15) is 0 Å². The lowest BCUT2D eigenvalue weighted by Gasteiger charge is -2.28. The summed E-state index contributed by atoms with van der Waals surface area (Å²) in [6.07, 6.45) is 13.7. The molecule has 1 heteroatoms. The first kappa shape index (κ1) is 17.2. The maximum absolute atomic E-state index is 4.21. The van der Waals surface area contributed by atoms with E-state index in [9.17, 15) is 0 Å². The van der Waals surface area contributed by atoms with Gasteiger partial charge in [0.15, 0.2) is 0 Å². The number of hydrogen-bond donors (Lipinski definition) is 0. The predicted octanol–water partition coefficient (Wildman–Crippen LogP) is 6.64. The molecule has 0 aromatic heterocycles. The highest BCUT2D eigenvalue weighted by Gasteiger charge is 2.26. The fourth-order valence-electron chi connectivity index (χ4n) is 4.71. The molecule has 0 heterocycles. The highest BCUT2D eigenvalue weighted by molar-refractivity contribution is 7.17. The third kappa shape index (κ3) is 4.48. The molecular formula is C22H33P. The van der Waals surface area contributed by atoms with Crippen LogP contribution < -0.4 is 0 Å². The number of allylic oxidation sites excluding steroid dienone is 1. The minimum atomic E-state index is 0.583. The summed E-state index contributed by atoms with van der Waals surface area (Å²) in [6, 6.07) is 7.34. The zero-order chi connectivity index (χ0) is 16.2. The first-order chi connectivity index (χ1) is 11.1. The van der Waals surface area contributed by atoms with E-state index in [1.54, 1.807) is 16.7 Å². The van der Waals surface area contributed by atoms with Crippen LogP contribution in [0.25, 0.3) is 0 Å². The second-order valence-corrected chi connectivity index (χ2v) is 8.79. The summed E-state index contributed by atoms with van der Waals surface area (Å²) in [5, 5.41) is 0. The van der Waals surface area contributed by atoms with E-state index in [1.165, 1.54) is 69.8 Å². The maximum atomic E-state index is 4.21. The molecule has 1 aromatic rings. The standard InChI is InChI=1S/C22H33P/c1-16(2)13-21(14-17-7-3-4-8-17)22(23)20-12-11-18-9-5-6-10-19(18)15-20/h11-12,15,17,21-22H,1,3-10,13-14,23H2,2H3. The Morgan fingerprint density at radius 3 is 2.52 bits per heavy atom. The van der Waals surface area contributed by atoms with Crippen molar-refractivity contribution < 1.29 is 0 Å². The lowest BCUT2D eigenvalue weighted by atomic mass is 9.82. The molecule has 3 atom stereocenters. The smallest absolute Gasteiger partial charge is 0.00168 e. The van der Waals surface area contributed by atoms with Gasteiger partial charge in [-0.3, -0.25) is 0 Å². The summed E-state index contributed by atoms with van der Waals surface area (Å²) in [5.74, 6) is 1.70. The van der Waals surface area contributed by atoms with Gasteiger partial charge in [-0.1, -0.05) is 49.5 Å². The minimum absolute atomic E-state index is 0.583. The van der Waals surface area contributed by atoms with Crippen LogP contribution in [0.15, 0.2) is 30.4 Å². The quantitative estimate of drug-likeness (QED) is 0.405. The van der Waals surface area contributed by atoms with Crippen LogP contribution in [-0.2, 0) is 12.8 Å². The van der Waals surface area contributed by atoms with Crippen LogP contribution in [0.4, 0.5) is 0 Å². The summed E-state index contributed by atoms with van der Waals surface area (Å²) in [4.78, 5) is 0. The van der Waals surface area contributed by atoms with Gasteiger partial charge in [0.25, 0.3) is 0 Å².